The number of carbonyl (C=O) groups is 1. The SMILES string of the molecule is CC(C(=O)O)=C(CCN(C)C)N=C=O. The van der Waals surface area contributed by atoms with Gasteiger partial charge in [0.15, 0.2) is 0 Å². The fraction of sp³-hybridized carbons (Fsp3) is 0.556. The lowest BCUT2D eigenvalue weighted by Gasteiger charge is -2.09. The van der Waals surface area contributed by atoms with Gasteiger partial charge in [0.2, 0.25) is 6.08 Å². The van der Waals surface area contributed by atoms with Crippen LogP contribution in [0.15, 0.2) is 16.3 Å². The van der Waals surface area contributed by atoms with Gasteiger partial charge in [-0.1, -0.05) is 0 Å². The molecule has 5 heteroatoms. The van der Waals surface area contributed by atoms with E-state index in [4.69, 9.17) is 5.11 Å². The first-order chi connectivity index (χ1) is 6.49. The number of aliphatic carboxylic acids is 1. The summed E-state index contributed by atoms with van der Waals surface area (Å²) in [6.07, 6.45) is 1.79. The molecule has 5 nitrogen and oxygen atoms in total. The first-order valence-electron chi connectivity index (χ1n) is 4.14. The quantitative estimate of drug-likeness (QED) is 0.399. The van der Waals surface area contributed by atoms with Crippen molar-refractivity contribution in [3.05, 3.63) is 11.3 Å². The summed E-state index contributed by atoms with van der Waals surface area (Å²) in [6, 6.07) is 0. The van der Waals surface area contributed by atoms with Crippen LogP contribution in [0.4, 0.5) is 0 Å². The number of nitrogens with zero attached hydrogens (tertiary/aromatic N) is 2. The molecule has 0 aromatic carbocycles. The molecule has 0 heterocycles. The molecule has 0 aromatic rings. The zero-order valence-electron chi connectivity index (χ0n) is 8.57. The highest BCUT2D eigenvalue weighted by Crippen LogP contribution is 2.10. The molecule has 0 aromatic heterocycles. The average molecular weight is 198 g/mol. The summed E-state index contributed by atoms with van der Waals surface area (Å²) in [7, 11) is 3.72. The summed E-state index contributed by atoms with van der Waals surface area (Å²) in [5.74, 6) is -1.06. The predicted molar refractivity (Wildman–Crippen MR) is 51.6 cm³/mol. The van der Waals surface area contributed by atoms with Gasteiger partial charge in [0, 0.05) is 13.0 Å². The molecule has 0 aliphatic rings. The second kappa shape index (κ2) is 6.07. The van der Waals surface area contributed by atoms with E-state index in [1.165, 1.54) is 13.0 Å². The molecule has 0 atom stereocenters. The topological polar surface area (TPSA) is 70.0 Å². The minimum Gasteiger partial charge on any atom is -0.478 e. The van der Waals surface area contributed by atoms with Gasteiger partial charge in [-0.15, -0.1) is 0 Å². The number of isocyanates is 1. The van der Waals surface area contributed by atoms with Crippen LogP contribution in [0.3, 0.4) is 0 Å². The number of carboxylic acid groups (broad SMARTS) is 1. The van der Waals surface area contributed by atoms with E-state index in [2.05, 4.69) is 4.99 Å². The fourth-order valence-corrected chi connectivity index (χ4v) is 0.835. The second-order valence-electron chi connectivity index (χ2n) is 3.13. The van der Waals surface area contributed by atoms with E-state index in [0.717, 1.165) is 0 Å². The Balaban J connectivity index is 4.67. The number of rotatable bonds is 5. The minimum atomic E-state index is -1.06. The van der Waals surface area contributed by atoms with Crippen molar-refractivity contribution in [3.8, 4) is 0 Å². The van der Waals surface area contributed by atoms with Crippen molar-refractivity contribution < 1.29 is 14.7 Å². The van der Waals surface area contributed by atoms with Gasteiger partial charge in [-0.2, -0.15) is 4.99 Å². The summed E-state index contributed by atoms with van der Waals surface area (Å²) in [6.45, 7) is 2.07. The molecule has 0 radical (unpaired) electrons. The van der Waals surface area contributed by atoms with E-state index >= 15 is 0 Å². The van der Waals surface area contributed by atoms with E-state index in [1.54, 1.807) is 0 Å². The Morgan fingerprint density at radius 1 is 1.50 bits per heavy atom. The molecule has 14 heavy (non-hydrogen) atoms. The van der Waals surface area contributed by atoms with Gasteiger partial charge in [0.05, 0.1) is 11.3 Å². The van der Waals surface area contributed by atoms with Crippen molar-refractivity contribution in [1.29, 1.82) is 0 Å². The largest absolute Gasteiger partial charge is 0.478 e. The summed E-state index contributed by atoms with van der Waals surface area (Å²) in [5.41, 5.74) is 0.372. The Labute approximate surface area is 82.7 Å². The molecule has 0 rings (SSSR count). The molecule has 0 saturated carbocycles. The number of aliphatic imine (C=N–C) groups is 1. The molecule has 0 saturated heterocycles. The summed E-state index contributed by atoms with van der Waals surface area (Å²) in [5, 5.41) is 8.68. The van der Waals surface area contributed by atoms with Crippen molar-refractivity contribution >= 4 is 12.0 Å². The molecule has 0 amide bonds. The molecule has 0 unspecified atom stereocenters. The normalized spacial score (nSPS) is 12.0. The van der Waals surface area contributed by atoms with Crippen LogP contribution in [0.2, 0.25) is 0 Å². The zero-order valence-corrected chi connectivity index (χ0v) is 8.57. The molecular weight excluding hydrogens is 184 g/mol. The van der Waals surface area contributed by atoms with Crippen molar-refractivity contribution in [3.63, 3.8) is 0 Å². The standard InChI is InChI=1S/C9H14N2O3/c1-7(9(13)14)8(10-6-12)4-5-11(2)3/h4-5H2,1-3H3,(H,13,14). The van der Waals surface area contributed by atoms with Gasteiger partial charge < -0.3 is 10.0 Å². The number of carboxylic acids is 1. The third-order valence-electron chi connectivity index (χ3n) is 1.73. The Hall–Kier alpha value is -1.45. The number of carbonyl (C=O) groups excluding carboxylic acids is 1. The van der Waals surface area contributed by atoms with Gasteiger partial charge in [0.25, 0.3) is 0 Å². The fourth-order valence-electron chi connectivity index (χ4n) is 0.835. The average Bonchev–Trinajstić information content (AvgIpc) is 2.10. The van der Waals surface area contributed by atoms with Crippen LogP contribution < -0.4 is 0 Å². The Morgan fingerprint density at radius 3 is 2.43 bits per heavy atom. The van der Waals surface area contributed by atoms with Gasteiger partial charge in [-0.25, -0.2) is 9.59 Å². The highest BCUT2D eigenvalue weighted by atomic mass is 16.4. The van der Waals surface area contributed by atoms with Crippen molar-refractivity contribution in [2.45, 2.75) is 13.3 Å². The third kappa shape index (κ3) is 4.54. The first kappa shape index (κ1) is 12.6. The van der Waals surface area contributed by atoms with E-state index in [0.29, 0.717) is 13.0 Å². The Bertz CT molecular complexity index is 288. The van der Waals surface area contributed by atoms with Crippen molar-refractivity contribution in [2.24, 2.45) is 4.99 Å². The van der Waals surface area contributed by atoms with E-state index in [9.17, 15) is 9.59 Å². The maximum absolute atomic E-state index is 10.6. The molecule has 1 N–H and O–H groups in total. The van der Waals surface area contributed by atoms with Crippen LogP contribution in [0.1, 0.15) is 13.3 Å². The lowest BCUT2D eigenvalue weighted by molar-refractivity contribution is -0.132. The van der Waals surface area contributed by atoms with Crippen LogP contribution in [0.5, 0.6) is 0 Å². The highest BCUT2D eigenvalue weighted by molar-refractivity contribution is 5.86. The van der Waals surface area contributed by atoms with Crippen molar-refractivity contribution in [2.75, 3.05) is 20.6 Å². The number of hydrogen-bond acceptors (Lipinski definition) is 4. The molecule has 0 spiro atoms. The Kier molecular flexibility index (Phi) is 5.44. The van der Waals surface area contributed by atoms with Gasteiger partial charge >= 0.3 is 5.97 Å². The third-order valence-corrected chi connectivity index (χ3v) is 1.73. The molecule has 0 fully saturated rings. The van der Waals surface area contributed by atoms with Crippen LogP contribution >= 0.6 is 0 Å². The van der Waals surface area contributed by atoms with E-state index in [1.807, 2.05) is 19.0 Å². The lowest BCUT2D eigenvalue weighted by Crippen LogP contribution is -2.14. The van der Waals surface area contributed by atoms with Gasteiger partial charge in [-0.05, 0) is 21.0 Å². The second-order valence-corrected chi connectivity index (χ2v) is 3.13. The molecule has 78 valence electrons. The maximum Gasteiger partial charge on any atom is 0.333 e. The van der Waals surface area contributed by atoms with Crippen LogP contribution in [0, 0.1) is 0 Å². The lowest BCUT2D eigenvalue weighted by atomic mass is 10.2. The molecular formula is C9H14N2O3. The van der Waals surface area contributed by atoms with Gasteiger partial charge in [0.1, 0.15) is 0 Å². The van der Waals surface area contributed by atoms with E-state index < -0.39 is 5.97 Å². The molecule has 0 bridgehead atoms. The van der Waals surface area contributed by atoms with Crippen LogP contribution in [0.25, 0.3) is 0 Å². The molecule has 0 aliphatic carbocycles. The maximum atomic E-state index is 10.6. The predicted octanol–water partition coefficient (Wildman–Crippen LogP) is 0.633. The van der Waals surface area contributed by atoms with Crippen molar-refractivity contribution in [1.82, 2.24) is 4.90 Å². The highest BCUT2D eigenvalue weighted by Gasteiger charge is 2.08. The zero-order chi connectivity index (χ0) is 11.1. The first-order valence-corrected chi connectivity index (χ1v) is 4.14. The van der Waals surface area contributed by atoms with E-state index in [-0.39, 0.29) is 11.3 Å². The smallest absolute Gasteiger partial charge is 0.333 e. The van der Waals surface area contributed by atoms with Crippen LogP contribution in [-0.4, -0.2) is 42.7 Å². The molecule has 0 aliphatic heterocycles. The summed E-state index contributed by atoms with van der Waals surface area (Å²) < 4.78 is 0. The van der Waals surface area contributed by atoms with Crippen LogP contribution in [-0.2, 0) is 9.59 Å². The summed E-state index contributed by atoms with van der Waals surface area (Å²) >= 11 is 0. The minimum absolute atomic E-state index is 0.0928. The Morgan fingerprint density at radius 2 is 2.07 bits per heavy atom. The summed E-state index contributed by atoms with van der Waals surface area (Å²) in [4.78, 5) is 25.9. The monoisotopic (exact) mass is 198 g/mol. The number of hydrogen-bond donors (Lipinski definition) is 1. The van der Waals surface area contributed by atoms with Gasteiger partial charge in [-0.3, -0.25) is 0 Å².